The van der Waals surface area contributed by atoms with Gasteiger partial charge in [0.1, 0.15) is 10.6 Å². The second kappa shape index (κ2) is 9.75. The SMILES string of the molecule is CCOC(=O)C1=C(NNC(=O)Cc2ccccc2)CSC1=Nc1ccccc1. The number of para-hydroxylation sites is 1. The predicted molar refractivity (Wildman–Crippen MR) is 111 cm³/mol. The standard InChI is InChI=1S/C21H21N3O3S/c1-2-27-21(26)19-17(14-28-20(19)22-16-11-7-4-8-12-16)23-24-18(25)13-15-9-5-3-6-10-15/h3-12,23H,2,13-14H2,1H3,(H,24,25). The highest BCUT2D eigenvalue weighted by atomic mass is 32.2. The third kappa shape index (κ3) is 5.23. The normalized spacial score (nSPS) is 14.8. The Balaban J connectivity index is 1.74. The van der Waals surface area contributed by atoms with E-state index in [9.17, 15) is 9.59 Å². The zero-order valence-electron chi connectivity index (χ0n) is 15.5. The number of rotatable bonds is 7. The molecular weight excluding hydrogens is 374 g/mol. The average molecular weight is 395 g/mol. The first-order chi connectivity index (χ1) is 13.7. The second-order valence-electron chi connectivity index (χ2n) is 5.95. The highest BCUT2D eigenvalue weighted by Crippen LogP contribution is 2.29. The molecule has 1 aliphatic heterocycles. The van der Waals surface area contributed by atoms with Gasteiger partial charge in [-0.1, -0.05) is 60.3 Å². The maximum Gasteiger partial charge on any atom is 0.342 e. The van der Waals surface area contributed by atoms with Crippen LogP contribution >= 0.6 is 11.8 Å². The summed E-state index contributed by atoms with van der Waals surface area (Å²) in [5, 5.41) is 0.574. The smallest absolute Gasteiger partial charge is 0.342 e. The number of esters is 1. The molecule has 1 amide bonds. The van der Waals surface area contributed by atoms with Gasteiger partial charge in [-0.15, -0.1) is 0 Å². The number of amides is 1. The van der Waals surface area contributed by atoms with Crippen LogP contribution in [0.3, 0.4) is 0 Å². The molecule has 28 heavy (non-hydrogen) atoms. The minimum absolute atomic E-state index is 0.194. The molecule has 0 radical (unpaired) electrons. The molecule has 6 nitrogen and oxygen atoms in total. The van der Waals surface area contributed by atoms with Gasteiger partial charge >= 0.3 is 5.97 Å². The van der Waals surface area contributed by atoms with Gasteiger partial charge in [-0.25, -0.2) is 9.79 Å². The van der Waals surface area contributed by atoms with E-state index in [1.165, 1.54) is 11.8 Å². The van der Waals surface area contributed by atoms with E-state index in [4.69, 9.17) is 4.74 Å². The van der Waals surface area contributed by atoms with Crippen LogP contribution in [0.1, 0.15) is 12.5 Å². The number of aliphatic imine (C=N–C) groups is 1. The van der Waals surface area contributed by atoms with Crippen molar-refractivity contribution in [2.45, 2.75) is 13.3 Å². The van der Waals surface area contributed by atoms with E-state index in [2.05, 4.69) is 15.8 Å². The van der Waals surface area contributed by atoms with Gasteiger partial charge in [-0.3, -0.25) is 10.2 Å². The lowest BCUT2D eigenvalue weighted by Gasteiger charge is -2.11. The minimum atomic E-state index is -0.456. The Morgan fingerprint density at radius 3 is 2.43 bits per heavy atom. The summed E-state index contributed by atoms with van der Waals surface area (Å²) >= 11 is 1.42. The number of nitrogens with zero attached hydrogens (tertiary/aromatic N) is 1. The summed E-state index contributed by atoms with van der Waals surface area (Å²) in [4.78, 5) is 29.2. The number of hydrogen-bond donors (Lipinski definition) is 2. The summed E-state index contributed by atoms with van der Waals surface area (Å²) in [5.41, 5.74) is 8.15. The lowest BCUT2D eigenvalue weighted by atomic mass is 10.1. The Bertz CT molecular complexity index is 896. The molecule has 0 saturated carbocycles. The van der Waals surface area contributed by atoms with Crippen molar-refractivity contribution in [3.8, 4) is 0 Å². The average Bonchev–Trinajstić information content (AvgIpc) is 3.10. The molecule has 2 N–H and O–H groups in total. The Morgan fingerprint density at radius 2 is 1.75 bits per heavy atom. The number of hydrogen-bond acceptors (Lipinski definition) is 6. The van der Waals surface area contributed by atoms with E-state index in [1.54, 1.807) is 6.92 Å². The third-order valence-electron chi connectivity index (χ3n) is 3.90. The molecule has 0 unspecified atom stereocenters. The van der Waals surface area contributed by atoms with Crippen LogP contribution < -0.4 is 10.9 Å². The van der Waals surface area contributed by atoms with Crippen LogP contribution in [0.15, 0.2) is 76.9 Å². The van der Waals surface area contributed by atoms with Gasteiger partial charge in [-0.05, 0) is 24.6 Å². The monoisotopic (exact) mass is 395 g/mol. The van der Waals surface area contributed by atoms with Gasteiger partial charge in [0.05, 0.1) is 24.4 Å². The fraction of sp³-hybridized carbons (Fsp3) is 0.190. The molecule has 0 aromatic heterocycles. The zero-order valence-corrected chi connectivity index (χ0v) is 16.3. The van der Waals surface area contributed by atoms with Crippen molar-refractivity contribution in [2.24, 2.45) is 4.99 Å². The van der Waals surface area contributed by atoms with Gasteiger partial charge in [0.25, 0.3) is 0 Å². The molecule has 0 saturated heterocycles. The van der Waals surface area contributed by atoms with Crippen LogP contribution in [-0.2, 0) is 20.7 Å². The fourth-order valence-corrected chi connectivity index (χ4v) is 3.62. The van der Waals surface area contributed by atoms with Gasteiger partial charge in [0.2, 0.25) is 5.91 Å². The Morgan fingerprint density at radius 1 is 1.07 bits per heavy atom. The van der Waals surface area contributed by atoms with Crippen LogP contribution in [0.2, 0.25) is 0 Å². The molecule has 7 heteroatoms. The molecule has 0 bridgehead atoms. The second-order valence-corrected chi connectivity index (χ2v) is 6.91. The van der Waals surface area contributed by atoms with Crippen molar-refractivity contribution in [3.63, 3.8) is 0 Å². The van der Waals surface area contributed by atoms with Crippen LogP contribution in [0.5, 0.6) is 0 Å². The van der Waals surface area contributed by atoms with Gasteiger partial charge in [0, 0.05) is 5.75 Å². The molecule has 0 aliphatic carbocycles. The summed E-state index contributed by atoms with van der Waals surface area (Å²) in [6, 6.07) is 18.9. The van der Waals surface area contributed by atoms with E-state index in [-0.39, 0.29) is 18.9 Å². The van der Waals surface area contributed by atoms with E-state index >= 15 is 0 Å². The Hall–Kier alpha value is -3.06. The minimum Gasteiger partial charge on any atom is -0.462 e. The number of carbonyl (C=O) groups is 2. The number of nitrogens with one attached hydrogen (secondary N) is 2. The molecule has 2 aromatic carbocycles. The van der Waals surface area contributed by atoms with E-state index < -0.39 is 5.97 Å². The van der Waals surface area contributed by atoms with Crippen molar-refractivity contribution in [1.82, 2.24) is 10.9 Å². The quantitative estimate of drug-likeness (QED) is 0.556. The predicted octanol–water partition coefficient (Wildman–Crippen LogP) is 3.14. The first-order valence-electron chi connectivity index (χ1n) is 8.93. The summed E-state index contributed by atoms with van der Waals surface area (Å²) < 4.78 is 5.18. The Labute approximate surface area is 168 Å². The summed E-state index contributed by atoms with van der Waals surface area (Å²) in [5.74, 6) is -0.159. The van der Waals surface area contributed by atoms with Crippen LogP contribution in [-0.4, -0.2) is 29.3 Å². The third-order valence-corrected chi connectivity index (χ3v) is 4.90. The van der Waals surface area contributed by atoms with Crippen molar-refractivity contribution in [1.29, 1.82) is 0 Å². The van der Waals surface area contributed by atoms with Crippen molar-refractivity contribution in [3.05, 3.63) is 77.5 Å². The van der Waals surface area contributed by atoms with E-state index in [0.717, 1.165) is 11.3 Å². The van der Waals surface area contributed by atoms with Crippen molar-refractivity contribution >= 4 is 34.4 Å². The Kier molecular flexibility index (Phi) is 6.86. The van der Waals surface area contributed by atoms with Crippen molar-refractivity contribution < 1.29 is 14.3 Å². The van der Waals surface area contributed by atoms with Crippen LogP contribution in [0.25, 0.3) is 0 Å². The first-order valence-corrected chi connectivity index (χ1v) is 9.92. The zero-order chi connectivity index (χ0) is 19.8. The molecule has 0 fully saturated rings. The van der Waals surface area contributed by atoms with Crippen LogP contribution in [0.4, 0.5) is 5.69 Å². The number of carbonyl (C=O) groups excluding carboxylic acids is 2. The number of ether oxygens (including phenoxy) is 1. The van der Waals surface area contributed by atoms with Crippen LogP contribution in [0, 0.1) is 0 Å². The van der Waals surface area contributed by atoms with Gasteiger partial charge in [-0.2, -0.15) is 0 Å². The molecule has 1 aliphatic rings. The van der Waals surface area contributed by atoms with E-state index in [1.807, 2.05) is 60.7 Å². The number of hydrazine groups is 1. The fourth-order valence-electron chi connectivity index (χ4n) is 2.60. The number of benzene rings is 2. The summed E-state index contributed by atoms with van der Waals surface area (Å²) in [6.07, 6.45) is 0.244. The lowest BCUT2D eigenvalue weighted by Crippen LogP contribution is -2.39. The highest BCUT2D eigenvalue weighted by molar-refractivity contribution is 8.15. The summed E-state index contributed by atoms with van der Waals surface area (Å²) in [7, 11) is 0. The maximum absolute atomic E-state index is 12.5. The molecule has 1 heterocycles. The largest absolute Gasteiger partial charge is 0.462 e. The highest BCUT2D eigenvalue weighted by Gasteiger charge is 2.29. The maximum atomic E-state index is 12.5. The molecule has 144 valence electrons. The molecular formula is C21H21N3O3S. The summed E-state index contributed by atoms with van der Waals surface area (Å²) in [6.45, 7) is 2.02. The van der Waals surface area contributed by atoms with Gasteiger partial charge in [0.15, 0.2) is 0 Å². The molecule has 2 aromatic rings. The molecule has 0 atom stereocenters. The van der Waals surface area contributed by atoms with Gasteiger partial charge < -0.3 is 10.2 Å². The molecule has 3 rings (SSSR count). The lowest BCUT2D eigenvalue weighted by molar-refractivity contribution is -0.138. The van der Waals surface area contributed by atoms with Crippen molar-refractivity contribution in [2.75, 3.05) is 12.4 Å². The van der Waals surface area contributed by atoms with E-state index in [0.29, 0.717) is 22.1 Å². The topological polar surface area (TPSA) is 79.8 Å². The molecule has 0 spiro atoms. The number of thioether (sulfide) groups is 1. The first kappa shape index (κ1) is 19.7.